The van der Waals surface area contributed by atoms with Crippen LogP contribution in [0.5, 0.6) is 0 Å². The number of hydrogen-bond acceptors (Lipinski definition) is 7. The van der Waals surface area contributed by atoms with Gasteiger partial charge in [0.15, 0.2) is 0 Å². The number of anilines is 1. The molecule has 0 radical (unpaired) electrons. The van der Waals surface area contributed by atoms with Gasteiger partial charge in [0.1, 0.15) is 16.6 Å². The van der Waals surface area contributed by atoms with E-state index in [1.807, 2.05) is 84.3 Å². The van der Waals surface area contributed by atoms with Crippen molar-refractivity contribution in [2.75, 3.05) is 11.9 Å². The number of aromatic nitrogens is 1. The number of nitro groups is 1. The van der Waals surface area contributed by atoms with Gasteiger partial charge in [-0.3, -0.25) is 14.9 Å². The van der Waals surface area contributed by atoms with Crippen LogP contribution in [0.15, 0.2) is 96.6 Å². The second-order valence-electron chi connectivity index (χ2n) is 10.0. The molecule has 0 aliphatic rings. The predicted octanol–water partition coefficient (Wildman–Crippen LogP) is 8.12. The van der Waals surface area contributed by atoms with Crippen molar-refractivity contribution >= 4 is 40.0 Å². The zero-order chi connectivity index (χ0) is 32.1. The molecule has 3 aromatic carbocycles. The standard InChI is InChI=1S/C35H28N4O5S/c1-4-44-35(41)31-22(2)23(3)45-34(31)37-33(40)27(21-36)19-26-20-30(24-11-7-5-8-12-24)38(32(26)25-13-9-6-10-14-25)28-15-17-29(18-16-28)39(42)43/h5-20H,4H2,1-3H3,(H,37,40)/b27-19+. The van der Waals surface area contributed by atoms with E-state index in [0.717, 1.165) is 21.7 Å². The van der Waals surface area contributed by atoms with Gasteiger partial charge in [-0.2, -0.15) is 5.26 Å². The lowest BCUT2D eigenvalue weighted by Gasteiger charge is -2.15. The van der Waals surface area contributed by atoms with Crippen molar-refractivity contribution in [2.24, 2.45) is 0 Å². The van der Waals surface area contributed by atoms with Gasteiger partial charge in [-0.1, -0.05) is 60.7 Å². The first-order chi connectivity index (χ1) is 21.7. The van der Waals surface area contributed by atoms with E-state index in [1.54, 1.807) is 26.0 Å². The topological polar surface area (TPSA) is 127 Å². The van der Waals surface area contributed by atoms with Gasteiger partial charge in [0.25, 0.3) is 11.6 Å². The third-order valence-corrected chi connectivity index (χ3v) is 8.35. The molecule has 5 rings (SSSR count). The number of esters is 1. The smallest absolute Gasteiger partial charge is 0.341 e. The van der Waals surface area contributed by atoms with E-state index < -0.39 is 16.8 Å². The molecule has 9 nitrogen and oxygen atoms in total. The number of thiophene rings is 1. The molecule has 0 unspecified atom stereocenters. The number of nitriles is 1. The lowest BCUT2D eigenvalue weighted by molar-refractivity contribution is -0.384. The van der Waals surface area contributed by atoms with Crippen molar-refractivity contribution in [3.05, 3.63) is 128 Å². The number of ether oxygens (including phenoxy) is 1. The third-order valence-electron chi connectivity index (χ3n) is 7.22. The number of nitro benzene ring substituents is 1. The van der Waals surface area contributed by atoms with Gasteiger partial charge in [-0.15, -0.1) is 11.3 Å². The Labute approximate surface area is 263 Å². The number of aryl methyl sites for hydroxylation is 1. The minimum absolute atomic E-state index is 0.0433. The third kappa shape index (κ3) is 6.30. The Bertz CT molecular complexity index is 1970. The summed E-state index contributed by atoms with van der Waals surface area (Å²) in [6.45, 7) is 5.52. The summed E-state index contributed by atoms with van der Waals surface area (Å²) in [6.07, 6.45) is 1.52. The van der Waals surface area contributed by atoms with Crippen LogP contribution in [-0.2, 0) is 9.53 Å². The molecular weight excluding hydrogens is 588 g/mol. The Hall–Kier alpha value is -5.79. The lowest BCUT2D eigenvalue weighted by Crippen LogP contribution is -2.16. The molecule has 0 spiro atoms. The maximum absolute atomic E-state index is 13.6. The average molecular weight is 617 g/mol. The fourth-order valence-corrected chi connectivity index (χ4v) is 6.03. The molecular formula is C35H28N4O5S. The van der Waals surface area contributed by atoms with Crippen molar-refractivity contribution in [1.82, 2.24) is 4.57 Å². The van der Waals surface area contributed by atoms with E-state index in [4.69, 9.17) is 4.74 Å². The molecule has 0 saturated carbocycles. The van der Waals surface area contributed by atoms with Crippen molar-refractivity contribution in [1.29, 1.82) is 5.26 Å². The molecule has 5 aromatic rings. The molecule has 1 N–H and O–H groups in total. The maximum atomic E-state index is 13.6. The van der Waals surface area contributed by atoms with Crippen molar-refractivity contribution in [3.8, 4) is 34.3 Å². The molecule has 0 atom stereocenters. The molecule has 45 heavy (non-hydrogen) atoms. The van der Waals surface area contributed by atoms with Crippen molar-refractivity contribution < 1.29 is 19.2 Å². The Balaban J connectivity index is 1.69. The van der Waals surface area contributed by atoms with E-state index in [9.17, 15) is 25.0 Å². The molecule has 10 heteroatoms. The number of benzene rings is 3. The van der Waals surface area contributed by atoms with Crippen LogP contribution in [-0.4, -0.2) is 28.0 Å². The minimum atomic E-state index is -0.673. The van der Waals surface area contributed by atoms with Gasteiger partial charge in [-0.05, 0) is 61.7 Å². The Morgan fingerprint density at radius 1 is 1.00 bits per heavy atom. The molecule has 1 amide bonds. The summed E-state index contributed by atoms with van der Waals surface area (Å²) in [4.78, 5) is 38.0. The number of nitrogens with one attached hydrogen (secondary N) is 1. The maximum Gasteiger partial charge on any atom is 0.341 e. The second-order valence-corrected chi connectivity index (χ2v) is 11.2. The number of carbonyl (C=O) groups is 2. The molecule has 0 fully saturated rings. The minimum Gasteiger partial charge on any atom is -0.462 e. The quantitative estimate of drug-likeness (QED) is 0.0586. The largest absolute Gasteiger partial charge is 0.462 e. The summed E-state index contributed by atoms with van der Waals surface area (Å²) in [6, 6.07) is 29.2. The van der Waals surface area contributed by atoms with Crippen LogP contribution in [0.1, 0.15) is 33.3 Å². The Kier molecular flexibility index (Phi) is 9.02. The van der Waals surface area contributed by atoms with Crippen LogP contribution in [0.3, 0.4) is 0 Å². The summed E-state index contributed by atoms with van der Waals surface area (Å²) in [5.74, 6) is -1.22. The summed E-state index contributed by atoms with van der Waals surface area (Å²) >= 11 is 1.24. The average Bonchev–Trinajstić information content (AvgIpc) is 3.56. The van der Waals surface area contributed by atoms with Gasteiger partial charge in [-0.25, -0.2) is 4.79 Å². The first-order valence-corrected chi connectivity index (χ1v) is 14.9. The Morgan fingerprint density at radius 3 is 2.20 bits per heavy atom. The zero-order valence-corrected chi connectivity index (χ0v) is 25.6. The van der Waals surface area contributed by atoms with Crippen LogP contribution >= 0.6 is 11.3 Å². The number of amides is 1. The molecule has 2 aromatic heterocycles. The van der Waals surface area contributed by atoms with Crippen LogP contribution in [0.25, 0.3) is 34.3 Å². The lowest BCUT2D eigenvalue weighted by atomic mass is 10.0. The van der Waals surface area contributed by atoms with E-state index in [1.165, 1.54) is 29.5 Å². The number of carbonyl (C=O) groups excluding carboxylic acids is 2. The Morgan fingerprint density at radius 2 is 1.62 bits per heavy atom. The van der Waals surface area contributed by atoms with Gasteiger partial charge >= 0.3 is 5.97 Å². The fraction of sp³-hybridized carbons (Fsp3) is 0.114. The number of hydrogen-bond donors (Lipinski definition) is 1. The van der Waals surface area contributed by atoms with E-state index >= 15 is 0 Å². The highest BCUT2D eigenvalue weighted by atomic mass is 32.1. The highest BCUT2D eigenvalue weighted by Gasteiger charge is 2.25. The second kappa shape index (κ2) is 13.2. The molecule has 0 aliphatic heterocycles. The van der Waals surface area contributed by atoms with Gasteiger partial charge in [0.2, 0.25) is 0 Å². The van der Waals surface area contributed by atoms with Gasteiger partial charge < -0.3 is 14.6 Å². The van der Waals surface area contributed by atoms with Crippen LogP contribution < -0.4 is 5.32 Å². The first kappa shape index (κ1) is 30.7. The van der Waals surface area contributed by atoms with Crippen molar-refractivity contribution in [3.63, 3.8) is 0 Å². The summed E-state index contributed by atoms with van der Waals surface area (Å²) in [7, 11) is 0. The molecule has 224 valence electrons. The van der Waals surface area contributed by atoms with Crippen LogP contribution in [0.2, 0.25) is 0 Å². The number of rotatable bonds is 9. The predicted molar refractivity (Wildman–Crippen MR) is 175 cm³/mol. The van der Waals surface area contributed by atoms with Gasteiger partial charge in [0.05, 0.1) is 28.5 Å². The number of non-ortho nitro benzene ring substituents is 1. The van der Waals surface area contributed by atoms with Crippen molar-refractivity contribution in [2.45, 2.75) is 20.8 Å². The molecule has 2 heterocycles. The van der Waals surface area contributed by atoms with E-state index in [-0.39, 0.29) is 23.4 Å². The van der Waals surface area contributed by atoms with E-state index in [2.05, 4.69) is 5.32 Å². The number of nitrogens with zero attached hydrogens (tertiary/aromatic N) is 3. The molecule has 0 aliphatic carbocycles. The van der Waals surface area contributed by atoms with E-state index in [0.29, 0.717) is 27.5 Å². The highest BCUT2D eigenvalue weighted by molar-refractivity contribution is 7.16. The normalized spacial score (nSPS) is 11.1. The monoisotopic (exact) mass is 616 g/mol. The fourth-order valence-electron chi connectivity index (χ4n) is 4.98. The molecule has 0 saturated heterocycles. The SMILES string of the molecule is CCOC(=O)c1c(NC(=O)/C(C#N)=C/c2cc(-c3ccccc3)n(-c3ccc([N+](=O)[O-])cc3)c2-c2ccccc2)sc(C)c1C. The highest BCUT2D eigenvalue weighted by Crippen LogP contribution is 2.38. The summed E-state index contributed by atoms with van der Waals surface area (Å²) < 4.78 is 7.17. The molecule has 0 bridgehead atoms. The summed E-state index contributed by atoms with van der Waals surface area (Å²) in [5.41, 5.74) is 5.08. The first-order valence-electron chi connectivity index (χ1n) is 14.0. The zero-order valence-electron chi connectivity index (χ0n) is 24.7. The van der Waals surface area contributed by atoms with Gasteiger partial charge in [0, 0.05) is 28.3 Å². The van der Waals surface area contributed by atoms with Crippen LogP contribution in [0, 0.1) is 35.3 Å². The summed E-state index contributed by atoms with van der Waals surface area (Å²) in [5, 5.41) is 24.6. The van der Waals surface area contributed by atoms with Crippen LogP contribution in [0.4, 0.5) is 10.7 Å².